The van der Waals surface area contributed by atoms with Crippen molar-refractivity contribution in [2.45, 2.75) is 6.42 Å². The highest BCUT2D eigenvalue weighted by Crippen LogP contribution is 2.24. The molecule has 0 bridgehead atoms. The molecule has 27 heavy (non-hydrogen) atoms. The maximum Gasteiger partial charge on any atom is 0.260 e. The van der Waals surface area contributed by atoms with Crippen LogP contribution in [0.15, 0.2) is 30.3 Å². The maximum atomic E-state index is 13.8. The van der Waals surface area contributed by atoms with Gasteiger partial charge in [0.2, 0.25) is 5.82 Å². The van der Waals surface area contributed by atoms with E-state index in [1.54, 1.807) is 0 Å². The van der Waals surface area contributed by atoms with Gasteiger partial charge in [0.15, 0.2) is 23.3 Å². The standard InChI is InChI=1S/C19H17F5N2O/c20-14-13(15(21)17(23)18(24)16(14)22)19(27)26-10-8-25(9-11-26)7-6-12-4-2-1-3-5-12/h1-5H,6-11H2. The normalized spacial score (nSPS) is 15.2. The molecule has 3 rings (SSSR count). The molecule has 3 nitrogen and oxygen atoms in total. The third-order valence-electron chi connectivity index (χ3n) is 4.64. The highest BCUT2D eigenvalue weighted by Gasteiger charge is 2.33. The molecule has 144 valence electrons. The Morgan fingerprint density at radius 2 is 1.30 bits per heavy atom. The molecular formula is C19H17F5N2O. The predicted molar refractivity (Wildman–Crippen MR) is 88.7 cm³/mol. The molecule has 0 aromatic heterocycles. The summed E-state index contributed by atoms with van der Waals surface area (Å²) >= 11 is 0. The van der Waals surface area contributed by atoms with E-state index in [1.807, 2.05) is 30.3 Å². The quantitative estimate of drug-likeness (QED) is 0.458. The van der Waals surface area contributed by atoms with Gasteiger partial charge in [-0.05, 0) is 12.0 Å². The molecule has 1 aliphatic rings. The van der Waals surface area contributed by atoms with Crippen LogP contribution in [0.1, 0.15) is 15.9 Å². The lowest BCUT2D eigenvalue weighted by atomic mass is 10.1. The molecule has 1 amide bonds. The summed E-state index contributed by atoms with van der Waals surface area (Å²) in [5, 5.41) is 0. The van der Waals surface area contributed by atoms with E-state index in [4.69, 9.17) is 0 Å². The average molecular weight is 384 g/mol. The molecule has 0 aliphatic carbocycles. The van der Waals surface area contributed by atoms with Gasteiger partial charge in [0.1, 0.15) is 5.56 Å². The van der Waals surface area contributed by atoms with Gasteiger partial charge >= 0.3 is 0 Å². The molecule has 2 aromatic carbocycles. The van der Waals surface area contributed by atoms with Crippen LogP contribution in [-0.4, -0.2) is 48.4 Å². The molecule has 0 unspecified atom stereocenters. The number of benzene rings is 2. The topological polar surface area (TPSA) is 23.6 Å². The third-order valence-corrected chi connectivity index (χ3v) is 4.64. The van der Waals surface area contributed by atoms with Gasteiger partial charge in [-0.3, -0.25) is 9.69 Å². The SMILES string of the molecule is O=C(c1c(F)c(F)c(F)c(F)c1F)N1CCN(CCc2ccccc2)CC1. The number of rotatable bonds is 4. The van der Waals surface area contributed by atoms with E-state index in [-0.39, 0.29) is 13.1 Å². The lowest BCUT2D eigenvalue weighted by Gasteiger charge is -2.34. The number of piperazine rings is 1. The molecule has 1 saturated heterocycles. The molecule has 0 saturated carbocycles. The van der Waals surface area contributed by atoms with Gasteiger partial charge in [-0.25, -0.2) is 22.0 Å². The fourth-order valence-electron chi connectivity index (χ4n) is 3.06. The summed E-state index contributed by atoms with van der Waals surface area (Å²) in [4.78, 5) is 15.5. The highest BCUT2D eigenvalue weighted by molar-refractivity contribution is 5.95. The largest absolute Gasteiger partial charge is 0.336 e. The smallest absolute Gasteiger partial charge is 0.260 e. The van der Waals surface area contributed by atoms with Crippen molar-refractivity contribution in [3.8, 4) is 0 Å². The molecular weight excluding hydrogens is 367 g/mol. The predicted octanol–water partition coefficient (Wildman–Crippen LogP) is 3.38. The second kappa shape index (κ2) is 8.04. The average Bonchev–Trinajstić information content (AvgIpc) is 2.70. The Morgan fingerprint density at radius 3 is 1.85 bits per heavy atom. The lowest BCUT2D eigenvalue weighted by Crippen LogP contribution is -2.49. The first kappa shape index (κ1) is 19.3. The first-order valence-electron chi connectivity index (χ1n) is 8.47. The molecule has 1 fully saturated rings. The molecule has 8 heteroatoms. The van der Waals surface area contributed by atoms with E-state index in [9.17, 15) is 26.7 Å². The Labute approximate surface area is 153 Å². The Morgan fingerprint density at radius 1 is 0.778 bits per heavy atom. The number of hydrogen-bond acceptors (Lipinski definition) is 2. The zero-order valence-electron chi connectivity index (χ0n) is 14.3. The summed E-state index contributed by atoms with van der Waals surface area (Å²) in [5.74, 6) is -11.9. The maximum absolute atomic E-state index is 13.8. The van der Waals surface area contributed by atoms with E-state index >= 15 is 0 Å². The molecule has 0 radical (unpaired) electrons. The van der Waals surface area contributed by atoms with Crippen molar-refractivity contribution < 1.29 is 26.7 Å². The van der Waals surface area contributed by atoms with E-state index in [0.717, 1.165) is 23.4 Å². The van der Waals surface area contributed by atoms with Gasteiger partial charge < -0.3 is 4.90 Å². The summed E-state index contributed by atoms with van der Waals surface area (Å²) in [6.45, 7) is 1.94. The fraction of sp³-hybridized carbons (Fsp3) is 0.316. The minimum absolute atomic E-state index is 0.146. The van der Waals surface area contributed by atoms with Crippen LogP contribution in [0.3, 0.4) is 0 Å². The Bertz CT molecular complexity index is 807. The summed E-state index contributed by atoms with van der Waals surface area (Å²) in [6, 6.07) is 9.81. The van der Waals surface area contributed by atoms with Crippen molar-refractivity contribution in [3.05, 3.63) is 70.5 Å². The van der Waals surface area contributed by atoms with Crippen LogP contribution in [0.5, 0.6) is 0 Å². The second-order valence-electron chi connectivity index (χ2n) is 6.31. The van der Waals surface area contributed by atoms with Crippen LogP contribution >= 0.6 is 0 Å². The van der Waals surface area contributed by atoms with Crippen LogP contribution in [0.4, 0.5) is 22.0 Å². The Balaban J connectivity index is 1.64. The van der Waals surface area contributed by atoms with Gasteiger partial charge in [0, 0.05) is 32.7 Å². The summed E-state index contributed by atoms with van der Waals surface area (Å²) in [7, 11) is 0. The number of hydrogen-bond donors (Lipinski definition) is 0. The van der Waals surface area contributed by atoms with E-state index in [1.165, 1.54) is 0 Å². The monoisotopic (exact) mass is 384 g/mol. The molecule has 0 atom stereocenters. The number of carbonyl (C=O) groups is 1. The number of halogens is 5. The number of amides is 1. The van der Waals surface area contributed by atoms with Crippen molar-refractivity contribution in [1.29, 1.82) is 0 Å². The number of carbonyl (C=O) groups excluding carboxylic acids is 1. The molecule has 0 spiro atoms. The lowest BCUT2D eigenvalue weighted by molar-refractivity contribution is 0.0625. The van der Waals surface area contributed by atoms with E-state index in [2.05, 4.69) is 4.90 Å². The zero-order chi connectivity index (χ0) is 19.6. The van der Waals surface area contributed by atoms with Crippen molar-refractivity contribution in [2.24, 2.45) is 0 Å². The number of nitrogens with zero attached hydrogens (tertiary/aromatic N) is 2. The van der Waals surface area contributed by atoms with Crippen LogP contribution in [0.2, 0.25) is 0 Å². The molecule has 1 aliphatic heterocycles. The summed E-state index contributed by atoms with van der Waals surface area (Å²) in [5.41, 5.74) is -0.235. The van der Waals surface area contributed by atoms with Gasteiger partial charge in [-0.1, -0.05) is 30.3 Å². The van der Waals surface area contributed by atoms with Crippen LogP contribution in [0, 0.1) is 29.1 Å². The first-order valence-corrected chi connectivity index (χ1v) is 8.47. The van der Waals surface area contributed by atoms with E-state index in [0.29, 0.717) is 13.1 Å². The van der Waals surface area contributed by atoms with Gasteiger partial charge in [0.05, 0.1) is 0 Å². The van der Waals surface area contributed by atoms with Crippen LogP contribution in [-0.2, 0) is 6.42 Å². The molecule has 1 heterocycles. The molecule has 2 aromatic rings. The van der Waals surface area contributed by atoms with Crippen molar-refractivity contribution in [3.63, 3.8) is 0 Å². The minimum Gasteiger partial charge on any atom is -0.336 e. The first-order chi connectivity index (χ1) is 12.9. The molecule has 0 N–H and O–H groups in total. The summed E-state index contributed by atoms with van der Waals surface area (Å²) in [6.07, 6.45) is 0.812. The van der Waals surface area contributed by atoms with E-state index < -0.39 is 40.6 Å². The van der Waals surface area contributed by atoms with Gasteiger partial charge in [-0.2, -0.15) is 0 Å². The second-order valence-corrected chi connectivity index (χ2v) is 6.31. The Kier molecular flexibility index (Phi) is 5.74. The van der Waals surface area contributed by atoms with Crippen LogP contribution < -0.4 is 0 Å². The highest BCUT2D eigenvalue weighted by atomic mass is 19.2. The third kappa shape index (κ3) is 3.95. The Hall–Kier alpha value is -2.48. The fourth-order valence-corrected chi connectivity index (χ4v) is 3.06. The van der Waals surface area contributed by atoms with Gasteiger partial charge in [0.25, 0.3) is 5.91 Å². The van der Waals surface area contributed by atoms with Gasteiger partial charge in [-0.15, -0.1) is 0 Å². The zero-order valence-corrected chi connectivity index (χ0v) is 14.3. The van der Waals surface area contributed by atoms with Crippen molar-refractivity contribution in [1.82, 2.24) is 9.80 Å². The van der Waals surface area contributed by atoms with Crippen molar-refractivity contribution >= 4 is 5.91 Å². The minimum atomic E-state index is -2.27. The summed E-state index contributed by atoms with van der Waals surface area (Å²) < 4.78 is 67.4. The van der Waals surface area contributed by atoms with Crippen molar-refractivity contribution in [2.75, 3.05) is 32.7 Å². The van der Waals surface area contributed by atoms with Crippen LogP contribution in [0.25, 0.3) is 0 Å².